The third-order valence-electron chi connectivity index (χ3n) is 6.83. The number of aryl methyl sites for hydroxylation is 1. The van der Waals surface area contributed by atoms with Crippen LogP contribution in [0.5, 0.6) is 0 Å². The first-order valence-electron chi connectivity index (χ1n) is 8.77. The molecule has 1 heterocycles. The second kappa shape index (κ2) is 3.99. The summed E-state index contributed by atoms with van der Waals surface area (Å²) in [6.45, 7) is 14.5. The van der Waals surface area contributed by atoms with Gasteiger partial charge in [-0.3, -0.25) is 0 Å². The predicted octanol–water partition coefficient (Wildman–Crippen LogP) is 5.67. The SMILES string of the molecule is Cc1ccc2c(c1)[C@@H]1CCC(C)(C)C3=CC(C)(C)[C@H](N2)[C@]31C. The minimum Gasteiger partial charge on any atom is -0.380 e. The van der Waals surface area contributed by atoms with Crippen molar-refractivity contribution in [3.8, 4) is 0 Å². The van der Waals surface area contributed by atoms with E-state index >= 15 is 0 Å². The fourth-order valence-corrected chi connectivity index (χ4v) is 5.86. The van der Waals surface area contributed by atoms with Crippen LogP contribution >= 0.6 is 0 Å². The summed E-state index contributed by atoms with van der Waals surface area (Å²) < 4.78 is 0. The lowest BCUT2D eigenvalue weighted by Crippen LogP contribution is -2.53. The van der Waals surface area contributed by atoms with E-state index < -0.39 is 0 Å². The molecule has 3 aliphatic rings. The lowest BCUT2D eigenvalue weighted by atomic mass is 9.52. The summed E-state index contributed by atoms with van der Waals surface area (Å²) in [6.07, 6.45) is 5.22. The average Bonchev–Trinajstić information content (AvgIpc) is 2.63. The van der Waals surface area contributed by atoms with Crippen LogP contribution < -0.4 is 5.32 Å². The van der Waals surface area contributed by atoms with Crippen LogP contribution in [0.4, 0.5) is 5.69 Å². The van der Waals surface area contributed by atoms with Gasteiger partial charge in [-0.1, -0.05) is 64.0 Å². The van der Waals surface area contributed by atoms with Crippen LogP contribution in [0.25, 0.3) is 0 Å². The van der Waals surface area contributed by atoms with Crippen LogP contribution in [0.15, 0.2) is 29.8 Å². The molecule has 0 unspecified atom stereocenters. The molecule has 1 N–H and O–H groups in total. The molecule has 0 saturated heterocycles. The molecule has 1 fully saturated rings. The maximum atomic E-state index is 3.93. The predicted molar refractivity (Wildman–Crippen MR) is 94.3 cm³/mol. The van der Waals surface area contributed by atoms with Gasteiger partial charge < -0.3 is 5.32 Å². The smallest absolute Gasteiger partial charge is 0.0443 e. The Kier molecular flexibility index (Phi) is 2.60. The van der Waals surface area contributed by atoms with E-state index in [1.807, 2.05) is 0 Å². The molecule has 0 spiro atoms. The summed E-state index contributed by atoms with van der Waals surface area (Å²) in [5.74, 6) is 0.662. The van der Waals surface area contributed by atoms with Gasteiger partial charge in [0.2, 0.25) is 0 Å². The van der Waals surface area contributed by atoms with Crippen molar-refractivity contribution < 1.29 is 0 Å². The van der Waals surface area contributed by atoms with Crippen molar-refractivity contribution in [2.75, 3.05) is 5.32 Å². The summed E-state index contributed by atoms with van der Waals surface area (Å²) in [4.78, 5) is 0. The van der Waals surface area contributed by atoms with E-state index in [1.165, 1.54) is 24.1 Å². The maximum Gasteiger partial charge on any atom is 0.0443 e. The number of rotatable bonds is 0. The maximum absolute atomic E-state index is 3.93. The first-order valence-corrected chi connectivity index (χ1v) is 8.77. The van der Waals surface area contributed by atoms with E-state index in [0.717, 1.165) is 0 Å². The summed E-state index contributed by atoms with van der Waals surface area (Å²) in [7, 11) is 0. The quantitative estimate of drug-likeness (QED) is 0.608. The van der Waals surface area contributed by atoms with Crippen LogP contribution in [0.3, 0.4) is 0 Å². The molecular weight excluding hydrogens is 266 g/mol. The summed E-state index contributed by atoms with van der Waals surface area (Å²) >= 11 is 0. The van der Waals surface area contributed by atoms with Gasteiger partial charge in [-0.05, 0) is 42.7 Å². The van der Waals surface area contributed by atoms with E-state index in [9.17, 15) is 0 Å². The zero-order valence-electron chi connectivity index (χ0n) is 14.9. The number of fused-ring (bicyclic) bond motifs is 2. The molecule has 2 aliphatic carbocycles. The van der Waals surface area contributed by atoms with Crippen molar-refractivity contribution in [1.29, 1.82) is 0 Å². The molecular formula is C21H29N. The molecule has 3 atom stereocenters. The average molecular weight is 295 g/mol. The number of nitrogens with one attached hydrogen (secondary N) is 1. The summed E-state index contributed by atoms with van der Waals surface area (Å²) in [5, 5.41) is 3.93. The Labute approximate surface area is 135 Å². The molecule has 118 valence electrons. The van der Waals surface area contributed by atoms with Crippen molar-refractivity contribution in [2.24, 2.45) is 16.2 Å². The largest absolute Gasteiger partial charge is 0.380 e. The fraction of sp³-hybridized carbons (Fsp3) is 0.619. The van der Waals surface area contributed by atoms with Gasteiger partial charge in [-0.2, -0.15) is 0 Å². The Bertz CT molecular complexity index is 679. The van der Waals surface area contributed by atoms with E-state index in [2.05, 4.69) is 71.1 Å². The second-order valence-electron chi connectivity index (χ2n) is 9.31. The molecule has 1 aromatic rings. The van der Waals surface area contributed by atoms with Gasteiger partial charge in [0.15, 0.2) is 0 Å². The van der Waals surface area contributed by atoms with Gasteiger partial charge in [-0.15, -0.1) is 0 Å². The number of anilines is 1. The fourth-order valence-electron chi connectivity index (χ4n) is 5.86. The monoisotopic (exact) mass is 295 g/mol. The minimum atomic E-state index is 0.215. The van der Waals surface area contributed by atoms with Gasteiger partial charge in [0.05, 0.1) is 0 Å². The Morgan fingerprint density at radius 2 is 1.82 bits per heavy atom. The highest BCUT2D eigenvalue weighted by Crippen LogP contribution is 2.68. The molecule has 1 heteroatoms. The highest BCUT2D eigenvalue weighted by atomic mass is 15.0. The van der Waals surface area contributed by atoms with E-state index in [4.69, 9.17) is 0 Å². The van der Waals surface area contributed by atoms with Gasteiger partial charge >= 0.3 is 0 Å². The van der Waals surface area contributed by atoms with Gasteiger partial charge in [0, 0.05) is 22.6 Å². The molecule has 1 nitrogen and oxygen atoms in total. The van der Waals surface area contributed by atoms with E-state index in [0.29, 0.717) is 17.4 Å². The first-order chi connectivity index (χ1) is 10.2. The van der Waals surface area contributed by atoms with Crippen LogP contribution in [-0.2, 0) is 0 Å². The minimum absolute atomic E-state index is 0.215. The molecule has 0 aromatic heterocycles. The molecule has 0 amide bonds. The zero-order valence-corrected chi connectivity index (χ0v) is 14.9. The molecule has 1 saturated carbocycles. The summed E-state index contributed by atoms with van der Waals surface area (Å²) in [5.41, 5.74) is 6.82. The van der Waals surface area contributed by atoms with Crippen LogP contribution in [0.1, 0.15) is 64.5 Å². The highest BCUT2D eigenvalue weighted by molar-refractivity contribution is 5.63. The molecule has 4 rings (SSSR count). The Morgan fingerprint density at radius 3 is 2.55 bits per heavy atom. The first kappa shape index (κ1) is 14.4. The Balaban J connectivity index is 1.96. The third kappa shape index (κ3) is 1.60. The lowest BCUT2D eigenvalue weighted by molar-refractivity contribution is 0.126. The zero-order chi connectivity index (χ0) is 15.9. The third-order valence-corrected chi connectivity index (χ3v) is 6.83. The topological polar surface area (TPSA) is 12.0 Å². The van der Waals surface area contributed by atoms with Crippen LogP contribution in [-0.4, -0.2) is 6.04 Å². The number of hydrogen-bond acceptors (Lipinski definition) is 1. The number of hydrogen-bond donors (Lipinski definition) is 1. The molecule has 0 radical (unpaired) electrons. The van der Waals surface area contributed by atoms with Crippen LogP contribution in [0.2, 0.25) is 0 Å². The second-order valence-corrected chi connectivity index (χ2v) is 9.31. The van der Waals surface area contributed by atoms with Crippen molar-refractivity contribution >= 4 is 5.69 Å². The highest BCUT2D eigenvalue weighted by Gasteiger charge is 2.61. The molecule has 0 bridgehead atoms. The van der Waals surface area contributed by atoms with Crippen molar-refractivity contribution in [3.05, 3.63) is 41.0 Å². The molecule has 1 aromatic carbocycles. The van der Waals surface area contributed by atoms with Crippen molar-refractivity contribution in [3.63, 3.8) is 0 Å². The summed E-state index contributed by atoms with van der Waals surface area (Å²) in [6, 6.07) is 7.49. The van der Waals surface area contributed by atoms with E-state index in [1.54, 1.807) is 11.1 Å². The van der Waals surface area contributed by atoms with Gasteiger partial charge in [0.25, 0.3) is 0 Å². The van der Waals surface area contributed by atoms with Crippen molar-refractivity contribution in [1.82, 2.24) is 0 Å². The molecule has 1 aliphatic heterocycles. The lowest BCUT2D eigenvalue weighted by Gasteiger charge is -2.56. The van der Waals surface area contributed by atoms with E-state index in [-0.39, 0.29) is 10.8 Å². The Hall–Kier alpha value is -1.24. The van der Waals surface area contributed by atoms with Crippen molar-refractivity contribution in [2.45, 2.75) is 66.3 Å². The number of benzene rings is 1. The van der Waals surface area contributed by atoms with Gasteiger partial charge in [-0.25, -0.2) is 0 Å². The van der Waals surface area contributed by atoms with Crippen LogP contribution in [0, 0.1) is 23.2 Å². The normalized spacial score (nSPS) is 36.9. The van der Waals surface area contributed by atoms with Gasteiger partial charge in [0.1, 0.15) is 0 Å². The molecule has 22 heavy (non-hydrogen) atoms. The standard InChI is InChI=1S/C21H29N/c1-13-7-8-16-14(11-13)15-9-10-19(2,3)17-12-20(4,5)18(22-16)21(15,17)6/h7-8,11-12,15,18,22H,9-10H2,1-6H3/t15-,18-,21-/m0/s1. The Morgan fingerprint density at radius 1 is 1.09 bits per heavy atom.